The maximum Gasteiger partial charge on any atom is 0.274 e. The predicted octanol–water partition coefficient (Wildman–Crippen LogP) is 3.00. The third-order valence-corrected chi connectivity index (χ3v) is 8.37. The number of hydrogen-bond acceptors (Lipinski definition) is 7. The van der Waals surface area contributed by atoms with Gasteiger partial charge in [-0.1, -0.05) is 0 Å². The Bertz CT molecular complexity index is 1860. The van der Waals surface area contributed by atoms with Crippen molar-refractivity contribution in [3.8, 4) is 0 Å². The lowest BCUT2D eigenvalue weighted by atomic mass is 10.3. The number of aromatic amines is 4. The molecule has 5 rings (SSSR count). The Hall–Kier alpha value is -5.32. The van der Waals surface area contributed by atoms with Crippen LogP contribution in [0.5, 0.6) is 0 Å². The molecule has 1 saturated heterocycles. The summed E-state index contributed by atoms with van der Waals surface area (Å²) in [6.45, 7) is 3.27. The normalized spacial score (nSPS) is 14.9. The average Bonchev–Trinajstić information content (AvgIpc) is 3.69. The number of nitrogens with one attached hydrogen (secondary N) is 5. The molecule has 5 amide bonds. The van der Waals surface area contributed by atoms with Crippen LogP contribution in [-0.2, 0) is 9.53 Å². The van der Waals surface area contributed by atoms with E-state index in [4.69, 9.17) is 4.74 Å². The Morgan fingerprint density at radius 2 is 1.04 bits per heavy atom. The fourth-order valence-corrected chi connectivity index (χ4v) is 5.19. The molecule has 1 aliphatic heterocycles. The van der Waals surface area contributed by atoms with E-state index in [9.17, 15) is 24.0 Å². The quantitative estimate of drug-likeness (QED) is 0.132. The highest BCUT2D eigenvalue weighted by Crippen LogP contribution is 2.25. The largest absolute Gasteiger partial charge is 0.359 e. The van der Waals surface area contributed by atoms with Gasteiger partial charge in [-0.05, 0) is 58.3 Å². The van der Waals surface area contributed by atoms with Crippen molar-refractivity contribution in [3.63, 3.8) is 0 Å². The number of aromatic nitrogens is 4. The number of halogens is 1. The van der Waals surface area contributed by atoms with Gasteiger partial charge in [-0.25, -0.2) is 0 Å². The van der Waals surface area contributed by atoms with Crippen molar-refractivity contribution in [2.24, 2.45) is 0 Å². The molecule has 2 unspecified atom stereocenters. The van der Waals surface area contributed by atoms with Crippen LogP contribution in [0, 0.1) is 0 Å². The topological polar surface area (TPSA) is 189 Å². The Morgan fingerprint density at radius 1 is 0.640 bits per heavy atom. The highest BCUT2D eigenvalue weighted by molar-refractivity contribution is 6.10. The zero-order valence-electron chi connectivity index (χ0n) is 29.0. The highest BCUT2D eigenvalue weighted by atomic mass is 35.5. The number of rotatable bonds is 13. The number of nitrogens with zero attached hydrogens (tertiary/aromatic N) is 5. The van der Waals surface area contributed by atoms with E-state index < -0.39 is 12.0 Å². The minimum absolute atomic E-state index is 0. The van der Waals surface area contributed by atoms with Crippen LogP contribution in [0.2, 0.25) is 0 Å². The van der Waals surface area contributed by atoms with E-state index in [0.717, 1.165) is 13.0 Å². The van der Waals surface area contributed by atoms with Crippen molar-refractivity contribution < 1.29 is 28.7 Å². The summed E-state index contributed by atoms with van der Waals surface area (Å²) in [6, 6.07) is 6.26. The van der Waals surface area contributed by atoms with Crippen molar-refractivity contribution >= 4 is 64.7 Å². The molecule has 0 saturated carbocycles. The number of H-pyrrole nitrogens is 4. The highest BCUT2D eigenvalue weighted by Gasteiger charge is 2.41. The molecule has 0 aromatic carbocycles. The van der Waals surface area contributed by atoms with E-state index >= 15 is 0 Å². The van der Waals surface area contributed by atoms with Gasteiger partial charge >= 0.3 is 0 Å². The third kappa shape index (κ3) is 8.27. The molecule has 16 nitrogen and oxygen atoms in total. The van der Waals surface area contributed by atoms with Gasteiger partial charge in [0.25, 0.3) is 29.5 Å². The monoisotopic (exact) mass is 710 g/mol. The van der Waals surface area contributed by atoms with Gasteiger partial charge in [0.1, 0.15) is 22.8 Å². The molecule has 4 aromatic rings. The standard InChI is InChI=1S/C33H42N10O6.ClH/c1-19-28(49-19)29(44)38-20-11-24(34-15-20)31(46)41(5)22-13-26(36-17-22)33(48)43(7)23-14-27(37-18-23)32(47)42(6)21-12-25(35-16-21)30(45)40(4)10-8-9-39(2)3;/h11-19,28,34-37H,8-10H2,1-7H3,(H,38,44);1H. The van der Waals surface area contributed by atoms with Gasteiger partial charge in [0, 0.05) is 59.5 Å². The number of carbonyl (C=O) groups is 5. The van der Waals surface area contributed by atoms with Crippen LogP contribution in [-0.4, -0.2) is 127 Å². The molecule has 50 heavy (non-hydrogen) atoms. The average molecular weight is 711 g/mol. The molecule has 0 spiro atoms. The summed E-state index contributed by atoms with van der Waals surface area (Å²) < 4.78 is 5.17. The molecular weight excluding hydrogens is 668 g/mol. The maximum atomic E-state index is 13.3. The molecule has 0 aliphatic carbocycles. The van der Waals surface area contributed by atoms with Gasteiger partial charge in [0.15, 0.2) is 6.10 Å². The molecule has 1 fully saturated rings. The fraction of sp³-hybridized carbons (Fsp3) is 0.364. The second-order valence-electron chi connectivity index (χ2n) is 12.3. The number of ether oxygens (including phenoxy) is 1. The molecule has 5 heterocycles. The fourth-order valence-electron chi connectivity index (χ4n) is 5.19. The summed E-state index contributed by atoms with van der Waals surface area (Å²) in [5, 5.41) is 2.71. The third-order valence-electron chi connectivity index (χ3n) is 8.37. The van der Waals surface area contributed by atoms with Crippen LogP contribution in [0.1, 0.15) is 55.3 Å². The lowest BCUT2D eigenvalue weighted by molar-refractivity contribution is -0.117. The zero-order valence-corrected chi connectivity index (χ0v) is 29.8. The molecule has 2 atom stereocenters. The van der Waals surface area contributed by atoms with Crippen molar-refractivity contribution in [1.82, 2.24) is 29.7 Å². The van der Waals surface area contributed by atoms with Crippen LogP contribution in [0.3, 0.4) is 0 Å². The molecular formula is C33H43ClN10O6. The second-order valence-corrected chi connectivity index (χ2v) is 12.3. The smallest absolute Gasteiger partial charge is 0.274 e. The van der Waals surface area contributed by atoms with Gasteiger partial charge in [-0.15, -0.1) is 12.4 Å². The number of hydrogen-bond donors (Lipinski definition) is 5. The van der Waals surface area contributed by atoms with E-state index in [1.165, 1.54) is 33.2 Å². The molecule has 268 valence electrons. The van der Waals surface area contributed by atoms with E-state index in [1.54, 1.807) is 70.6 Å². The first-order valence-corrected chi connectivity index (χ1v) is 15.7. The maximum absolute atomic E-state index is 13.3. The van der Waals surface area contributed by atoms with Crippen LogP contribution in [0.4, 0.5) is 22.7 Å². The van der Waals surface area contributed by atoms with Crippen LogP contribution in [0.25, 0.3) is 0 Å². The van der Waals surface area contributed by atoms with E-state index in [0.29, 0.717) is 35.0 Å². The van der Waals surface area contributed by atoms with Crippen LogP contribution in [0.15, 0.2) is 49.1 Å². The Balaban J connectivity index is 0.00000562. The summed E-state index contributed by atoms with van der Waals surface area (Å²) in [4.78, 5) is 84.2. The van der Waals surface area contributed by atoms with Crippen LogP contribution >= 0.6 is 12.4 Å². The molecule has 0 bridgehead atoms. The van der Waals surface area contributed by atoms with Crippen molar-refractivity contribution in [1.29, 1.82) is 0 Å². The Labute approximate surface area is 295 Å². The van der Waals surface area contributed by atoms with E-state index in [-0.39, 0.29) is 59.2 Å². The number of epoxide rings is 1. The van der Waals surface area contributed by atoms with Crippen LogP contribution < -0.4 is 20.0 Å². The van der Waals surface area contributed by atoms with Gasteiger partial charge in [-0.2, -0.15) is 0 Å². The Kier molecular flexibility index (Phi) is 11.6. The first-order chi connectivity index (χ1) is 23.2. The summed E-state index contributed by atoms with van der Waals surface area (Å²) in [6.07, 6.45) is 6.42. The summed E-state index contributed by atoms with van der Waals surface area (Å²) in [5.41, 5.74) is 2.91. The molecule has 0 radical (unpaired) electrons. The first kappa shape index (κ1) is 37.5. The van der Waals surface area contributed by atoms with Gasteiger partial charge < -0.3 is 54.5 Å². The van der Waals surface area contributed by atoms with Crippen molar-refractivity contribution in [2.45, 2.75) is 25.6 Å². The first-order valence-electron chi connectivity index (χ1n) is 15.7. The van der Waals surface area contributed by atoms with Gasteiger partial charge in [0.05, 0.1) is 28.9 Å². The van der Waals surface area contributed by atoms with Crippen molar-refractivity contribution in [3.05, 3.63) is 71.8 Å². The molecule has 17 heteroatoms. The SMILES string of the molecule is CC1OC1C(=O)Nc1c[nH]c(C(=O)N(C)c2c[nH]c(C(=O)N(C)c3c[nH]c(C(=O)N(C)c4c[nH]c(C(=O)N(C)CCCN(C)C)c4)c3)c2)c1.Cl. The second kappa shape index (κ2) is 15.5. The van der Waals surface area contributed by atoms with Crippen molar-refractivity contribution in [2.75, 3.05) is 75.4 Å². The Morgan fingerprint density at radius 3 is 1.46 bits per heavy atom. The lowest BCUT2D eigenvalue weighted by Gasteiger charge is -2.18. The number of amides is 5. The lowest BCUT2D eigenvalue weighted by Crippen LogP contribution is -2.30. The summed E-state index contributed by atoms with van der Waals surface area (Å²) >= 11 is 0. The molecule has 5 N–H and O–H groups in total. The van der Waals surface area contributed by atoms with E-state index in [1.807, 2.05) is 14.1 Å². The predicted molar refractivity (Wildman–Crippen MR) is 192 cm³/mol. The minimum Gasteiger partial charge on any atom is -0.359 e. The van der Waals surface area contributed by atoms with Gasteiger partial charge in [-0.3, -0.25) is 24.0 Å². The number of carbonyl (C=O) groups excluding carboxylic acids is 5. The zero-order chi connectivity index (χ0) is 35.6. The van der Waals surface area contributed by atoms with E-state index in [2.05, 4.69) is 30.2 Å². The molecule has 4 aromatic heterocycles. The minimum atomic E-state index is -0.489. The summed E-state index contributed by atoms with van der Waals surface area (Å²) in [5.74, 6) is -1.60. The molecule has 1 aliphatic rings. The van der Waals surface area contributed by atoms with Gasteiger partial charge in [0.2, 0.25) is 0 Å². The summed E-state index contributed by atoms with van der Waals surface area (Å²) in [7, 11) is 10.4. The number of anilines is 4.